The minimum absolute atomic E-state index is 0.0177. The Bertz CT molecular complexity index is 532. The largest absolute Gasteiger partial charge is 0.336 e. The van der Waals surface area contributed by atoms with Crippen LogP contribution in [0.2, 0.25) is 0 Å². The van der Waals surface area contributed by atoms with Crippen LogP contribution in [0.15, 0.2) is 0 Å². The third-order valence-electron chi connectivity index (χ3n) is 4.12. The lowest BCUT2D eigenvalue weighted by Gasteiger charge is -2.24. The summed E-state index contributed by atoms with van der Waals surface area (Å²) in [7, 11) is 1.81. The summed E-state index contributed by atoms with van der Waals surface area (Å²) in [5.41, 5.74) is 2.30. The molecule has 0 bridgehead atoms. The van der Waals surface area contributed by atoms with Crippen molar-refractivity contribution in [1.29, 1.82) is 0 Å². The minimum Gasteiger partial charge on any atom is -0.336 e. The summed E-state index contributed by atoms with van der Waals surface area (Å²) >= 11 is 0. The van der Waals surface area contributed by atoms with E-state index in [0.29, 0.717) is 18.8 Å². The average molecular weight is 315 g/mol. The summed E-state index contributed by atoms with van der Waals surface area (Å²) < 4.78 is 26.7. The van der Waals surface area contributed by atoms with E-state index in [9.17, 15) is 13.6 Å². The van der Waals surface area contributed by atoms with Crippen LogP contribution >= 0.6 is 0 Å². The van der Waals surface area contributed by atoms with E-state index >= 15 is 0 Å². The van der Waals surface area contributed by atoms with E-state index in [-0.39, 0.29) is 18.6 Å². The SMILES string of the molecule is Cc1nn(C)c(C)c1NC(=O)NCC1CCCN1CC(F)F. The van der Waals surface area contributed by atoms with Gasteiger partial charge >= 0.3 is 6.03 Å². The lowest BCUT2D eigenvalue weighted by Crippen LogP contribution is -2.43. The Morgan fingerprint density at radius 1 is 1.45 bits per heavy atom. The number of hydrogen-bond acceptors (Lipinski definition) is 3. The van der Waals surface area contributed by atoms with Crippen LogP contribution in [0.5, 0.6) is 0 Å². The molecule has 2 heterocycles. The number of aromatic nitrogens is 2. The predicted molar refractivity (Wildman–Crippen MR) is 80.3 cm³/mol. The van der Waals surface area contributed by atoms with Crippen LogP contribution in [0.1, 0.15) is 24.2 Å². The fourth-order valence-electron chi connectivity index (χ4n) is 2.87. The number of hydrogen-bond donors (Lipinski definition) is 2. The number of aryl methyl sites for hydroxylation is 2. The van der Waals surface area contributed by atoms with E-state index in [1.165, 1.54) is 0 Å². The number of carbonyl (C=O) groups is 1. The van der Waals surface area contributed by atoms with E-state index in [1.807, 2.05) is 20.9 Å². The molecule has 1 aromatic heterocycles. The summed E-state index contributed by atoms with van der Waals surface area (Å²) in [5.74, 6) is 0. The Kier molecular flexibility index (Phi) is 5.33. The van der Waals surface area contributed by atoms with Crippen LogP contribution in [0.4, 0.5) is 19.3 Å². The molecule has 22 heavy (non-hydrogen) atoms. The van der Waals surface area contributed by atoms with E-state index in [1.54, 1.807) is 9.58 Å². The summed E-state index contributed by atoms with van der Waals surface area (Å²) in [6.45, 7) is 4.51. The van der Waals surface area contributed by atoms with E-state index in [0.717, 1.165) is 24.2 Å². The second-order valence-corrected chi connectivity index (χ2v) is 5.69. The lowest BCUT2D eigenvalue weighted by molar-refractivity contribution is 0.0826. The molecule has 2 amide bonds. The van der Waals surface area contributed by atoms with Gasteiger partial charge in [0.15, 0.2) is 0 Å². The average Bonchev–Trinajstić information content (AvgIpc) is 2.96. The molecule has 6 nitrogen and oxygen atoms in total. The van der Waals surface area contributed by atoms with Crippen molar-refractivity contribution in [3.63, 3.8) is 0 Å². The van der Waals surface area contributed by atoms with Crippen LogP contribution in [-0.4, -0.2) is 52.8 Å². The molecule has 1 aliphatic heterocycles. The minimum atomic E-state index is -2.34. The molecule has 0 aromatic carbocycles. The van der Waals surface area contributed by atoms with Crippen LogP contribution < -0.4 is 10.6 Å². The molecule has 0 saturated carbocycles. The number of carbonyl (C=O) groups excluding carboxylic acids is 1. The van der Waals surface area contributed by atoms with Crippen molar-refractivity contribution in [2.24, 2.45) is 7.05 Å². The normalized spacial score (nSPS) is 18.9. The van der Waals surface area contributed by atoms with Crippen molar-refractivity contribution < 1.29 is 13.6 Å². The topological polar surface area (TPSA) is 62.2 Å². The van der Waals surface area contributed by atoms with Crippen molar-refractivity contribution >= 4 is 11.7 Å². The zero-order chi connectivity index (χ0) is 16.3. The highest BCUT2D eigenvalue weighted by atomic mass is 19.3. The zero-order valence-electron chi connectivity index (χ0n) is 13.2. The lowest BCUT2D eigenvalue weighted by atomic mass is 10.2. The molecule has 124 valence electrons. The summed E-state index contributed by atoms with van der Waals surface area (Å²) in [6, 6.07) is -0.348. The molecule has 1 fully saturated rings. The molecule has 8 heteroatoms. The van der Waals surface area contributed by atoms with Crippen molar-refractivity contribution in [2.45, 2.75) is 39.2 Å². The van der Waals surface area contributed by atoms with Crippen LogP contribution in [0, 0.1) is 13.8 Å². The van der Waals surface area contributed by atoms with Gasteiger partial charge in [-0.2, -0.15) is 5.10 Å². The molecule has 1 saturated heterocycles. The number of likely N-dealkylation sites (tertiary alicyclic amines) is 1. The van der Waals surface area contributed by atoms with Crippen molar-refractivity contribution in [3.05, 3.63) is 11.4 Å². The van der Waals surface area contributed by atoms with Gasteiger partial charge in [-0.15, -0.1) is 0 Å². The van der Waals surface area contributed by atoms with Crippen LogP contribution in [0.25, 0.3) is 0 Å². The van der Waals surface area contributed by atoms with Gasteiger partial charge < -0.3 is 10.6 Å². The predicted octanol–water partition coefficient (Wildman–Crippen LogP) is 1.89. The Hall–Kier alpha value is -1.70. The monoisotopic (exact) mass is 315 g/mol. The van der Waals surface area contributed by atoms with Gasteiger partial charge in [0.2, 0.25) is 0 Å². The van der Waals surface area contributed by atoms with Crippen molar-refractivity contribution in [3.8, 4) is 0 Å². The number of halogens is 2. The van der Waals surface area contributed by atoms with Gasteiger partial charge in [0.25, 0.3) is 6.43 Å². The summed E-state index contributed by atoms with van der Waals surface area (Å²) in [6.07, 6.45) is -0.616. The maximum absolute atomic E-state index is 12.5. The van der Waals surface area contributed by atoms with Crippen LogP contribution in [0.3, 0.4) is 0 Å². The first-order valence-electron chi connectivity index (χ1n) is 7.45. The molecule has 2 rings (SSSR count). The Balaban J connectivity index is 1.85. The van der Waals surface area contributed by atoms with Gasteiger partial charge in [0.05, 0.1) is 23.6 Å². The van der Waals surface area contributed by atoms with E-state index < -0.39 is 6.43 Å². The number of nitrogens with one attached hydrogen (secondary N) is 2. The highest BCUT2D eigenvalue weighted by Gasteiger charge is 2.27. The Labute approximate surface area is 128 Å². The van der Waals surface area contributed by atoms with Crippen molar-refractivity contribution in [1.82, 2.24) is 20.0 Å². The molecule has 0 radical (unpaired) electrons. The van der Waals surface area contributed by atoms with Gasteiger partial charge in [0, 0.05) is 19.6 Å². The maximum Gasteiger partial charge on any atom is 0.319 e. The first kappa shape index (κ1) is 16.7. The molecule has 1 aliphatic rings. The van der Waals surface area contributed by atoms with Gasteiger partial charge in [-0.1, -0.05) is 0 Å². The van der Waals surface area contributed by atoms with Gasteiger partial charge in [-0.3, -0.25) is 9.58 Å². The smallest absolute Gasteiger partial charge is 0.319 e. The standard InChI is InChI=1S/C14H23F2N5O/c1-9-13(10(2)20(3)19-9)18-14(22)17-7-11-5-4-6-21(11)8-12(15)16/h11-12H,4-8H2,1-3H3,(H2,17,18,22). The third kappa shape index (κ3) is 3.94. The fourth-order valence-corrected chi connectivity index (χ4v) is 2.87. The first-order chi connectivity index (χ1) is 10.4. The van der Waals surface area contributed by atoms with Gasteiger partial charge in [-0.05, 0) is 33.2 Å². The van der Waals surface area contributed by atoms with E-state index in [2.05, 4.69) is 15.7 Å². The molecular weight excluding hydrogens is 292 g/mol. The van der Waals surface area contributed by atoms with Gasteiger partial charge in [0.1, 0.15) is 0 Å². The Morgan fingerprint density at radius 3 is 2.77 bits per heavy atom. The second kappa shape index (κ2) is 7.04. The number of amides is 2. The number of nitrogens with zero attached hydrogens (tertiary/aromatic N) is 3. The maximum atomic E-state index is 12.5. The number of anilines is 1. The van der Waals surface area contributed by atoms with Crippen molar-refractivity contribution in [2.75, 3.05) is 25.0 Å². The molecule has 2 N–H and O–H groups in total. The number of urea groups is 1. The van der Waals surface area contributed by atoms with Gasteiger partial charge in [-0.25, -0.2) is 13.6 Å². The molecule has 1 aromatic rings. The number of rotatable bonds is 5. The van der Waals surface area contributed by atoms with Crippen LogP contribution in [-0.2, 0) is 7.05 Å². The van der Waals surface area contributed by atoms with E-state index in [4.69, 9.17) is 0 Å². The first-order valence-corrected chi connectivity index (χ1v) is 7.45. The number of alkyl halides is 2. The zero-order valence-corrected chi connectivity index (χ0v) is 13.2. The molecule has 1 unspecified atom stereocenters. The fraction of sp³-hybridized carbons (Fsp3) is 0.714. The molecular formula is C14H23F2N5O. The molecule has 1 atom stereocenters. The highest BCUT2D eigenvalue weighted by Crippen LogP contribution is 2.19. The summed E-state index contributed by atoms with van der Waals surface area (Å²) in [4.78, 5) is 13.7. The summed E-state index contributed by atoms with van der Waals surface area (Å²) in [5, 5.41) is 9.77. The highest BCUT2D eigenvalue weighted by molar-refractivity contribution is 5.90. The third-order valence-corrected chi connectivity index (χ3v) is 4.12. The Morgan fingerprint density at radius 2 is 2.18 bits per heavy atom. The second-order valence-electron chi connectivity index (χ2n) is 5.69. The molecule has 0 spiro atoms. The quantitative estimate of drug-likeness (QED) is 0.872. The molecule has 0 aliphatic carbocycles.